The molecular weight excluding hydrogens is 273 g/mol. The normalized spacial score (nSPS) is 18.2. The fourth-order valence-corrected chi connectivity index (χ4v) is 2.40. The van der Waals surface area contributed by atoms with Crippen molar-refractivity contribution < 1.29 is 18.7 Å². The molecule has 2 rings (SSSR count). The lowest BCUT2D eigenvalue weighted by atomic mass is 10.0. The zero-order valence-electron chi connectivity index (χ0n) is 12.6. The molecule has 0 bridgehead atoms. The molecule has 5 heteroatoms. The van der Waals surface area contributed by atoms with Crippen molar-refractivity contribution in [2.45, 2.75) is 45.6 Å². The van der Waals surface area contributed by atoms with Crippen molar-refractivity contribution in [1.82, 2.24) is 0 Å². The Balaban J connectivity index is 2.10. The van der Waals surface area contributed by atoms with E-state index < -0.39 is 6.09 Å². The molecule has 1 amide bonds. The number of carbonyl (C=O) groups excluding carboxylic acids is 2. The maximum atomic E-state index is 14.0. The summed E-state index contributed by atoms with van der Waals surface area (Å²) in [7, 11) is 0. The number of anilines is 1. The molecule has 1 fully saturated rings. The number of benzene rings is 1. The Kier molecular flexibility index (Phi) is 4.60. The van der Waals surface area contributed by atoms with Crippen LogP contribution in [-0.4, -0.2) is 24.5 Å². The topological polar surface area (TPSA) is 46.6 Å². The Bertz CT molecular complexity index is 556. The van der Waals surface area contributed by atoms with Crippen LogP contribution in [0.25, 0.3) is 0 Å². The third-order valence-corrected chi connectivity index (χ3v) is 3.61. The minimum absolute atomic E-state index is 0.0665. The van der Waals surface area contributed by atoms with Crippen LogP contribution in [0.4, 0.5) is 14.9 Å². The van der Waals surface area contributed by atoms with Crippen molar-refractivity contribution in [3.05, 3.63) is 29.6 Å². The van der Waals surface area contributed by atoms with E-state index in [4.69, 9.17) is 4.74 Å². The lowest BCUT2D eigenvalue weighted by molar-refractivity contribution is -0.117. The van der Waals surface area contributed by atoms with Gasteiger partial charge in [0, 0.05) is 6.42 Å². The summed E-state index contributed by atoms with van der Waals surface area (Å²) in [6.07, 6.45) is 0.0887. The highest BCUT2D eigenvalue weighted by Gasteiger charge is 2.32. The molecule has 0 spiro atoms. The average Bonchev–Trinajstić information content (AvgIpc) is 2.77. The SMILES string of the molecule is CC(=O)CCC1CN(c2ccc(C(C)C)c(F)c2)C(=O)O1. The number of nitrogens with zero attached hydrogens (tertiary/aromatic N) is 1. The largest absolute Gasteiger partial charge is 0.444 e. The van der Waals surface area contributed by atoms with Crippen LogP contribution in [0.3, 0.4) is 0 Å². The maximum Gasteiger partial charge on any atom is 0.414 e. The molecule has 1 heterocycles. The lowest BCUT2D eigenvalue weighted by Crippen LogP contribution is -2.24. The summed E-state index contributed by atoms with van der Waals surface area (Å²) < 4.78 is 19.2. The van der Waals surface area contributed by atoms with Crippen LogP contribution in [0.15, 0.2) is 18.2 Å². The first kappa shape index (κ1) is 15.5. The van der Waals surface area contributed by atoms with Gasteiger partial charge in [-0.15, -0.1) is 0 Å². The summed E-state index contributed by atoms with van der Waals surface area (Å²) in [5, 5.41) is 0. The molecule has 0 N–H and O–H groups in total. The van der Waals surface area contributed by atoms with E-state index in [0.717, 1.165) is 0 Å². The fraction of sp³-hybridized carbons (Fsp3) is 0.500. The van der Waals surface area contributed by atoms with Crippen LogP contribution in [-0.2, 0) is 9.53 Å². The lowest BCUT2D eigenvalue weighted by Gasteiger charge is -2.15. The number of carbonyl (C=O) groups is 2. The van der Waals surface area contributed by atoms with E-state index >= 15 is 0 Å². The van der Waals surface area contributed by atoms with Crippen LogP contribution >= 0.6 is 0 Å². The molecule has 0 aromatic heterocycles. The molecule has 0 saturated carbocycles. The first-order chi connectivity index (χ1) is 9.88. The van der Waals surface area contributed by atoms with Crippen molar-refractivity contribution in [3.63, 3.8) is 0 Å². The molecular formula is C16H20FNO3. The Morgan fingerprint density at radius 3 is 2.76 bits per heavy atom. The van der Waals surface area contributed by atoms with Crippen LogP contribution < -0.4 is 4.90 Å². The number of rotatable bonds is 5. The molecule has 114 valence electrons. The van der Waals surface area contributed by atoms with Gasteiger partial charge in [0.25, 0.3) is 0 Å². The van der Waals surface area contributed by atoms with Crippen LogP contribution in [0.2, 0.25) is 0 Å². The van der Waals surface area contributed by atoms with Gasteiger partial charge in [-0.25, -0.2) is 9.18 Å². The van der Waals surface area contributed by atoms with E-state index in [9.17, 15) is 14.0 Å². The molecule has 0 radical (unpaired) electrons. The minimum Gasteiger partial charge on any atom is -0.444 e. The first-order valence-electron chi connectivity index (χ1n) is 7.15. The van der Waals surface area contributed by atoms with Gasteiger partial charge in [0.1, 0.15) is 17.7 Å². The van der Waals surface area contributed by atoms with Gasteiger partial charge >= 0.3 is 6.09 Å². The smallest absolute Gasteiger partial charge is 0.414 e. The summed E-state index contributed by atoms with van der Waals surface area (Å²) >= 11 is 0. The molecule has 1 unspecified atom stereocenters. The number of hydrogen-bond donors (Lipinski definition) is 0. The van der Waals surface area contributed by atoms with Crippen LogP contribution in [0.5, 0.6) is 0 Å². The first-order valence-corrected chi connectivity index (χ1v) is 7.15. The van der Waals surface area contributed by atoms with E-state index in [0.29, 0.717) is 30.6 Å². The van der Waals surface area contributed by atoms with Crippen molar-refractivity contribution in [3.8, 4) is 0 Å². The van der Waals surface area contributed by atoms with Gasteiger partial charge in [0.2, 0.25) is 0 Å². The highest BCUT2D eigenvalue weighted by molar-refractivity contribution is 5.89. The van der Waals surface area contributed by atoms with Crippen molar-refractivity contribution in [1.29, 1.82) is 0 Å². The quantitative estimate of drug-likeness (QED) is 0.832. The highest BCUT2D eigenvalue weighted by Crippen LogP contribution is 2.27. The molecule has 1 aromatic carbocycles. The highest BCUT2D eigenvalue weighted by atomic mass is 19.1. The van der Waals surface area contributed by atoms with Crippen molar-refractivity contribution in [2.24, 2.45) is 0 Å². The summed E-state index contributed by atoms with van der Waals surface area (Å²) in [6, 6.07) is 4.79. The van der Waals surface area contributed by atoms with E-state index in [1.54, 1.807) is 12.1 Å². The molecule has 1 atom stereocenters. The Hall–Kier alpha value is -1.91. The molecule has 0 aliphatic carbocycles. The zero-order chi connectivity index (χ0) is 15.6. The molecule has 1 aromatic rings. The second kappa shape index (κ2) is 6.24. The van der Waals surface area contributed by atoms with Gasteiger partial charge in [-0.3, -0.25) is 4.90 Å². The summed E-state index contributed by atoms with van der Waals surface area (Å²) in [6.45, 7) is 5.70. The standard InChI is InChI=1S/C16H20FNO3/c1-10(2)14-7-5-12(8-15(14)17)18-9-13(21-16(18)20)6-4-11(3)19/h5,7-8,10,13H,4,6,9H2,1-3H3. The van der Waals surface area contributed by atoms with Crippen LogP contribution in [0.1, 0.15) is 45.1 Å². The second-order valence-corrected chi connectivity index (χ2v) is 5.72. The Morgan fingerprint density at radius 2 is 2.19 bits per heavy atom. The van der Waals surface area contributed by atoms with Gasteiger partial charge in [-0.2, -0.15) is 0 Å². The second-order valence-electron chi connectivity index (χ2n) is 5.72. The monoisotopic (exact) mass is 293 g/mol. The van der Waals surface area contributed by atoms with Crippen molar-refractivity contribution in [2.75, 3.05) is 11.4 Å². The number of ketones is 1. The number of halogens is 1. The van der Waals surface area contributed by atoms with Gasteiger partial charge in [0.05, 0.1) is 12.2 Å². The van der Waals surface area contributed by atoms with Crippen LogP contribution in [0, 0.1) is 5.82 Å². The Labute approximate surface area is 123 Å². The molecule has 1 saturated heterocycles. The molecule has 1 aliphatic heterocycles. The third-order valence-electron chi connectivity index (χ3n) is 3.61. The Morgan fingerprint density at radius 1 is 1.48 bits per heavy atom. The maximum absolute atomic E-state index is 14.0. The molecule has 1 aliphatic rings. The predicted molar refractivity (Wildman–Crippen MR) is 78.0 cm³/mol. The van der Waals surface area contributed by atoms with Gasteiger partial charge in [0.15, 0.2) is 0 Å². The predicted octanol–water partition coefficient (Wildman–Crippen LogP) is 3.64. The summed E-state index contributed by atoms with van der Waals surface area (Å²) in [4.78, 5) is 24.2. The van der Waals surface area contributed by atoms with Crippen molar-refractivity contribution >= 4 is 17.6 Å². The number of hydrogen-bond acceptors (Lipinski definition) is 3. The summed E-state index contributed by atoms with van der Waals surface area (Å²) in [5.41, 5.74) is 1.12. The average molecular weight is 293 g/mol. The summed E-state index contributed by atoms with van der Waals surface area (Å²) in [5.74, 6) is -0.160. The zero-order valence-corrected chi connectivity index (χ0v) is 12.6. The van der Waals surface area contributed by atoms with Gasteiger partial charge < -0.3 is 9.53 Å². The van der Waals surface area contributed by atoms with E-state index in [1.807, 2.05) is 13.8 Å². The van der Waals surface area contributed by atoms with E-state index in [2.05, 4.69) is 0 Å². The minimum atomic E-state index is -0.486. The molecule has 21 heavy (non-hydrogen) atoms. The number of Topliss-reactive ketones (excluding diaryl/α,β-unsaturated/α-hetero) is 1. The fourth-order valence-electron chi connectivity index (χ4n) is 2.40. The van der Waals surface area contributed by atoms with E-state index in [-0.39, 0.29) is 23.6 Å². The number of ether oxygens (including phenoxy) is 1. The van der Waals surface area contributed by atoms with E-state index in [1.165, 1.54) is 17.9 Å². The number of cyclic esters (lactones) is 1. The molecule has 4 nitrogen and oxygen atoms in total. The van der Waals surface area contributed by atoms with Gasteiger partial charge in [-0.05, 0) is 37.0 Å². The van der Waals surface area contributed by atoms with Gasteiger partial charge in [-0.1, -0.05) is 19.9 Å². The third kappa shape index (κ3) is 3.60. The number of amides is 1.